The summed E-state index contributed by atoms with van der Waals surface area (Å²) in [6.45, 7) is 0.838. The van der Waals surface area contributed by atoms with Crippen molar-refractivity contribution in [3.8, 4) is 0 Å². The molecule has 0 radical (unpaired) electrons. The average Bonchev–Trinajstić information content (AvgIpc) is 1.85. The lowest BCUT2D eigenvalue weighted by Gasteiger charge is -2.04. The number of Topliss-reactive ketones (excluding diaryl/α,β-unsaturated/α-hetero) is 1. The molecule has 0 rings (SSSR count). The maximum Gasteiger partial charge on any atom is 0.482 e. The third kappa shape index (κ3) is 2.23. The van der Waals surface area contributed by atoms with Crippen LogP contribution in [0.1, 0.15) is 6.92 Å². The van der Waals surface area contributed by atoms with E-state index in [1.54, 1.807) is 0 Å². The van der Waals surface area contributed by atoms with Crippen LogP contribution in [0.3, 0.4) is 0 Å². The number of aliphatic hydroxyl groups is 1. The average molecular weight is 178 g/mol. The lowest BCUT2D eigenvalue weighted by molar-refractivity contribution is -0.748. The van der Waals surface area contributed by atoms with E-state index in [0.29, 0.717) is 0 Å². The fourth-order valence-corrected chi connectivity index (χ4v) is 0.517. The van der Waals surface area contributed by atoms with E-state index < -0.39 is 27.9 Å². The summed E-state index contributed by atoms with van der Waals surface area (Å²) in [5.41, 5.74) is 0. The van der Waals surface area contributed by atoms with Crippen molar-refractivity contribution in [3.05, 3.63) is 20.2 Å². The van der Waals surface area contributed by atoms with E-state index in [1.807, 2.05) is 0 Å². The second kappa shape index (κ2) is 3.72. The van der Waals surface area contributed by atoms with Gasteiger partial charge < -0.3 is 5.11 Å². The molecule has 68 valence electrons. The largest absolute Gasteiger partial charge is 0.482 e. The van der Waals surface area contributed by atoms with E-state index in [-0.39, 0.29) is 0 Å². The molecule has 0 aromatic rings. The number of hydrogen-bond donors (Lipinski definition) is 1. The van der Waals surface area contributed by atoms with Crippen molar-refractivity contribution < 1.29 is 19.7 Å². The Balaban J connectivity index is 4.63. The summed E-state index contributed by atoms with van der Waals surface area (Å²) in [6.07, 6.45) is -4.66. The Morgan fingerprint density at radius 1 is 1.33 bits per heavy atom. The molecule has 12 heavy (non-hydrogen) atoms. The summed E-state index contributed by atoms with van der Waals surface area (Å²) >= 11 is 0. The zero-order valence-corrected chi connectivity index (χ0v) is 6.04. The van der Waals surface area contributed by atoms with Crippen LogP contribution < -0.4 is 0 Å². The molecule has 1 unspecified atom stereocenters. The first-order valence-corrected chi connectivity index (χ1v) is 2.83. The van der Waals surface area contributed by atoms with Gasteiger partial charge in [-0.1, -0.05) is 0 Å². The van der Waals surface area contributed by atoms with E-state index in [2.05, 4.69) is 0 Å². The molecule has 0 spiro atoms. The number of aliphatic hydroxyl groups excluding tert-OH is 1. The van der Waals surface area contributed by atoms with Gasteiger partial charge in [-0.05, 0) is 6.92 Å². The number of hydrogen-bond acceptors (Lipinski definition) is 6. The van der Waals surface area contributed by atoms with Crippen molar-refractivity contribution >= 4 is 5.78 Å². The Labute approximate surface area is 66.1 Å². The van der Waals surface area contributed by atoms with Crippen LogP contribution in [0.5, 0.6) is 0 Å². The van der Waals surface area contributed by atoms with Gasteiger partial charge in [-0.3, -0.25) is 25.0 Å². The van der Waals surface area contributed by atoms with Crippen LogP contribution in [-0.4, -0.2) is 33.0 Å². The smallest absolute Gasteiger partial charge is 0.373 e. The van der Waals surface area contributed by atoms with Gasteiger partial charge in [0.05, 0.1) is 9.85 Å². The highest BCUT2D eigenvalue weighted by Crippen LogP contribution is 2.00. The summed E-state index contributed by atoms with van der Waals surface area (Å²) in [4.78, 5) is 27.6. The van der Waals surface area contributed by atoms with E-state index in [1.165, 1.54) is 0 Å². The molecule has 0 aliphatic carbocycles. The van der Waals surface area contributed by atoms with Gasteiger partial charge in [-0.2, -0.15) is 0 Å². The van der Waals surface area contributed by atoms with Crippen LogP contribution in [0.25, 0.3) is 0 Å². The second-order valence-corrected chi connectivity index (χ2v) is 2.04. The van der Waals surface area contributed by atoms with Crippen molar-refractivity contribution in [1.29, 1.82) is 0 Å². The van der Waals surface area contributed by atoms with Crippen molar-refractivity contribution in [2.24, 2.45) is 0 Å². The van der Waals surface area contributed by atoms with Gasteiger partial charge in [0, 0.05) is 0 Å². The molecule has 0 aromatic heterocycles. The molecular formula is C4H6N2O6. The van der Waals surface area contributed by atoms with Gasteiger partial charge in [-0.15, -0.1) is 0 Å². The number of nitrogens with zero attached hydrogens (tertiary/aromatic N) is 2. The maximum absolute atomic E-state index is 10.3. The zero-order chi connectivity index (χ0) is 9.89. The Kier molecular flexibility index (Phi) is 3.23. The quantitative estimate of drug-likeness (QED) is 0.328. The van der Waals surface area contributed by atoms with Crippen molar-refractivity contribution in [3.63, 3.8) is 0 Å². The predicted molar refractivity (Wildman–Crippen MR) is 34.5 cm³/mol. The van der Waals surface area contributed by atoms with Crippen LogP contribution in [0.15, 0.2) is 0 Å². The van der Waals surface area contributed by atoms with Gasteiger partial charge in [0.25, 0.3) is 6.10 Å². The molecular weight excluding hydrogens is 172 g/mol. The molecule has 0 saturated heterocycles. The Bertz CT molecular complexity index is 212. The molecule has 0 heterocycles. The molecule has 0 aliphatic rings. The van der Waals surface area contributed by atoms with Crippen LogP contribution in [-0.2, 0) is 4.79 Å². The summed E-state index contributed by atoms with van der Waals surface area (Å²) in [6, 6.07) is 0. The van der Waals surface area contributed by atoms with E-state index in [0.717, 1.165) is 6.92 Å². The third-order valence-electron chi connectivity index (χ3n) is 1.13. The second-order valence-electron chi connectivity index (χ2n) is 2.04. The highest BCUT2D eigenvalue weighted by Gasteiger charge is 2.43. The minimum atomic E-state index is -2.47. The SMILES string of the molecule is CC(=O)C(O)C([N+](=O)[O-])[N+](=O)[O-]. The van der Waals surface area contributed by atoms with E-state index in [9.17, 15) is 25.0 Å². The van der Waals surface area contributed by atoms with Gasteiger partial charge in [0.2, 0.25) is 0 Å². The Morgan fingerprint density at radius 3 is 1.75 bits per heavy atom. The molecule has 8 nitrogen and oxygen atoms in total. The molecule has 0 bridgehead atoms. The van der Waals surface area contributed by atoms with Gasteiger partial charge in [-0.25, -0.2) is 0 Å². The van der Waals surface area contributed by atoms with Crippen LogP contribution in [0.4, 0.5) is 0 Å². The molecule has 0 fully saturated rings. The topological polar surface area (TPSA) is 124 Å². The number of nitro groups is 2. The number of rotatable bonds is 4. The van der Waals surface area contributed by atoms with Crippen LogP contribution in [0, 0.1) is 20.2 Å². The molecule has 8 heteroatoms. The summed E-state index contributed by atoms with van der Waals surface area (Å²) in [5.74, 6) is -1.01. The summed E-state index contributed by atoms with van der Waals surface area (Å²) < 4.78 is 0. The van der Waals surface area contributed by atoms with Crippen molar-refractivity contribution in [2.45, 2.75) is 19.2 Å². The minimum absolute atomic E-state index is 0.838. The summed E-state index contributed by atoms with van der Waals surface area (Å²) in [5, 5.41) is 28.6. The molecule has 0 aromatic carbocycles. The van der Waals surface area contributed by atoms with Crippen LogP contribution in [0.2, 0.25) is 0 Å². The molecule has 1 atom stereocenters. The molecule has 0 saturated carbocycles. The lowest BCUT2D eigenvalue weighted by atomic mass is 10.2. The van der Waals surface area contributed by atoms with E-state index in [4.69, 9.17) is 5.11 Å². The van der Waals surface area contributed by atoms with Crippen LogP contribution >= 0.6 is 0 Å². The van der Waals surface area contributed by atoms with E-state index >= 15 is 0 Å². The highest BCUT2D eigenvalue weighted by atomic mass is 16.7. The monoisotopic (exact) mass is 178 g/mol. The Morgan fingerprint density at radius 2 is 1.67 bits per heavy atom. The fourth-order valence-electron chi connectivity index (χ4n) is 0.517. The Hall–Kier alpha value is -1.57. The van der Waals surface area contributed by atoms with Gasteiger partial charge in [0.15, 0.2) is 5.78 Å². The standard InChI is InChI=1S/C4H6N2O6/c1-2(7)3(8)4(5(9)10)6(11)12/h3-4,8H,1H3. The zero-order valence-electron chi connectivity index (χ0n) is 6.04. The number of ketones is 1. The first kappa shape index (κ1) is 10.4. The first-order chi connectivity index (χ1) is 5.37. The maximum atomic E-state index is 10.3. The third-order valence-corrected chi connectivity index (χ3v) is 1.13. The molecule has 0 amide bonds. The fraction of sp³-hybridized carbons (Fsp3) is 0.750. The van der Waals surface area contributed by atoms with Crippen molar-refractivity contribution in [2.75, 3.05) is 0 Å². The lowest BCUT2D eigenvalue weighted by Crippen LogP contribution is -2.44. The molecule has 1 N–H and O–H groups in total. The van der Waals surface area contributed by atoms with Gasteiger partial charge in [0.1, 0.15) is 0 Å². The highest BCUT2D eigenvalue weighted by molar-refractivity contribution is 5.80. The number of carbonyl (C=O) groups excluding carboxylic acids is 1. The summed E-state index contributed by atoms with van der Waals surface area (Å²) in [7, 11) is 0. The van der Waals surface area contributed by atoms with Crippen molar-refractivity contribution in [1.82, 2.24) is 0 Å². The normalized spacial score (nSPS) is 12.6. The number of carbonyl (C=O) groups is 1. The van der Waals surface area contributed by atoms with Gasteiger partial charge >= 0.3 is 6.17 Å². The predicted octanol–water partition coefficient (Wildman–Crippen LogP) is -1.18. The minimum Gasteiger partial charge on any atom is -0.373 e. The first-order valence-electron chi connectivity index (χ1n) is 2.83. The molecule has 0 aliphatic heterocycles.